The summed E-state index contributed by atoms with van der Waals surface area (Å²) in [7, 11) is 0. The van der Waals surface area contributed by atoms with Gasteiger partial charge in [0.15, 0.2) is 17.7 Å². The molecule has 64 valence electrons. The van der Waals surface area contributed by atoms with Gasteiger partial charge in [0, 0.05) is 5.92 Å². The number of hydrogen-bond donors (Lipinski definition) is 1. The molecular formula is C9H4F2N2. The second-order valence-electron chi connectivity index (χ2n) is 2.19. The standard InChI is InChI=1S/C9H4F2N2/c10-7-3-4-8(13)6(9(7)11)2-1-5-12/h3-4H,13H2. The van der Waals surface area contributed by atoms with Crippen LogP contribution < -0.4 is 5.73 Å². The Morgan fingerprint density at radius 2 is 2.00 bits per heavy atom. The van der Waals surface area contributed by atoms with Crippen LogP contribution in [0, 0.1) is 34.8 Å². The molecule has 2 N–H and O–H groups in total. The van der Waals surface area contributed by atoms with E-state index in [1.54, 1.807) is 0 Å². The second kappa shape index (κ2) is 3.55. The minimum Gasteiger partial charge on any atom is -0.398 e. The van der Waals surface area contributed by atoms with Crippen LogP contribution >= 0.6 is 0 Å². The van der Waals surface area contributed by atoms with Crippen molar-refractivity contribution in [2.24, 2.45) is 0 Å². The fourth-order valence-electron chi connectivity index (χ4n) is 0.783. The van der Waals surface area contributed by atoms with Crippen LogP contribution in [0.4, 0.5) is 14.5 Å². The van der Waals surface area contributed by atoms with Crippen molar-refractivity contribution in [2.45, 2.75) is 0 Å². The normalized spacial score (nSPS) is 8.38. The molecule has 0 heterocycles. The van der Waals surface area contributed by atoms with E-state index in [9.17, 15) is 8.78 Å². The highest BCUT2D eigenvalue weighted by atomic mass is 19.2. The van der Waals surface area contributed by atoms with Gasteiger partial charge >= 0.3 is 0 Å². The molecule has 0 aromatic heterocycles. The predicted molar refractivity (Wildman–Crippen MR) is 43.3 cm³/mol. The lowest BCUT2D eigenvalue weighted by Gasteiger charge is -1.99. The fourth-order valence-corrected chi connectivity index (χ4v) is 0.783. The van der Waals surface area contributed by atoms with Gasteiger partial charge in [0.1, 0.15) is 0 Å². The van der Waals surface area contributed by atoms with Crippen molar-refractivity contribution in [3.63, 3.8) is 0 Å². The molecule has 0 unspecified atom stereocenters. The lowest BCUT2D eigenvalue weighted by molar-refractivity contribution is 0.507. The van der Waals surface area contributed by atoms with E-state index in [4.69, 9.17) is 11.0 Å². The lowest BCUT2D eigenvalue weighted by atomic mass is 10.1. The number of nitriles is 1. The summed E-state index contributed by atoms with van der Waals surface area (Å²) in [5.74, 6) is 1.91. The van der Waals surface area contributed by atoms with E-state index in [0.717, 1.165) is 6.07 Å². The average molecular weight is 178 g/mol. The summed E-state index contributed by atoms with van der Waals surface area (Å²) in [6.45, 7) is 0. The van der Waals surface area contributed by atoms with E-state index < -0.39 is 11.6 Å². The fraction of sp³-hybridized carbons (Fsp3) is 0. The van der Waals surface area contributed by atoms with E-state index in [0.29, 0.717) is 0 Å². The lowest BCUT2D eigenvalue weighted by Crippen LogP contribution is -1.96. The molecule has 1 aromatic carbocycles. The van der Waals surface area contributed by atoms with Crippen molar-refractivity contribution in [2.75, 3.05) is 5.73 Å². The third-order valence-corrected chi connectivity index (χ3v) is 1.37. The van der Waals surface area contributed by atoms with Crippen LogP contribution in [0.3, 0.4) is 0 Å². The molecule has 0 aliphatic carbocycles. The van der Waals surface area contributed by atoms with Gasteiger partial charge in [-0.05, 0) is 18.1 Å². The highest BCUT2D eigenvalue weighted by Crippen LogP contribution is 2.17. The van der Waals surface area contributed by atoms with Gasteiger partial charge in [0.25, 0.3) is 0 Å². The number of rotatable bonds is 0. The number of benzene rings is 1. The summed E-state index contributed by atoms with van der Waals surface area (Å²) in [5, 5.41) is 8.10. The Balaban J connectivity index is 3.36. The van der Waals surface area contributed by atoms with Gasteiger partial charge in [-0.1, -0.05) is 0 Å². The highest BCUT2D eigenvalue weighted by molar-refractivity contribution is 5.57. The minimum absolute atomic E-state index is 0.0154. The van der Waals surface area contributed by atoms with Crippen molar-refractivity contribution in [1.82, 2.24) is 0 Å². The molecule has 0 aliphatic heterocycles. The number of hydrogen-bond acceptors (Lipinski definition) is 2. The summed E-state index contributed by atoms with van der Waals surface area (Å²) in [6, 6.07) is 3.58. The molecule has 0 fully saturated rings. The zero-order valence-electron chi connectivity index (χ0n) is 6.44. The summed E-state index contributed by atoms with van der Waals surface area (Å²) < 4.78 is 25.5. The van der Waals surface area contributed by atoms with Crippen LogP contribution in [-0.2, 0) is 0 Å². The van der Waals surface area contributed by atoms with E-state index >= 15 is 0 Å². The average Bonchev–Trinajstić information content (AvgIpc) is 2.12. The van der Waals surface area contributed by atoms with Gasteiger partial charge in [-0.2, -0.15) is 5.26 Å². The summed E-state index contributed by atoms with van der Waals surface area (Å²) in [6.07, 6.45) is 0. The summed E-state index contributed by atoms with van der Waals surface area (Å²) in [4.78, 5) is 0. The third-order valence-electron chi connectivity index (χ3n) is 1.37. The Morgan fingerprint density at radius 1 is 1.31 bits per heavy atom. The van der Waals surface area contributed by atoms with E-state index in [-0.39, 0.29) is 11.3 Å². The molecule has 0 saturated carbocycles. The van der Waals surface area contributed by atoms with Crippen LogP contribution in [0.15, 0.2) is 12.1 Å². The Morgan fingerprint density at radius 3 is 2.62 bits per heavy atom. The maximum Gasteiger partial charge on any atom is 0.176 e. The first kappa shape index (κ1) is 9.02. The topological polar surface area (TPSA) is 49.8 Å². The Labute approximate surface area is 73.6 Å². The van der Waals surface area contributed by atoms with Gasteiger partial charge in [0.05, 0.1) is 11.3 Å². The number of nitrogens with two attached hydrogens (primary N) is 1. The third kappa shape index (κ3) is 1.74. The summed E-state index contributed by atoms with van der Waals surface area (Å²) in [5.41, 5.74) is 5.05. The van der Waals surface area contributed by atoms with E-state index in [1.807, 2.05) is 5.92 Å². The molecular weight excluding hydrogens is 174 g/mol. The predicted octanol–water partition coefficient (Wildman–Crippen LogP) is 1.42. The highest BCUT2D eigenvalue weighted by Gasteiger charge is 2.08. The van der Waals surface area contributed by atoms with Gasteiger partial charge in [0.2, 0.25) is 0 Å². The monoisotopic (exact) mass is 178 g/mol. The SMILES string of the molecule is N#CC#Cc1c(N)ccc(F)c1F. The van der Waals surface area contributed by atoms with Crippen LogP contribution in [0.25, 0.3) is 0 Å². The largest absolute Gasteiger partial charge is 0.398 e. The van der Waals surface area contributed by atoms with Crippen molar-refractivity contribution in [1.29, 1.82) is 5.26 Å². The molecule has 0 saturated heterocycles. The molecule has 2 nitrogen and oxygen atoms in total. The summed E-state index contributed by atoms with van der Waals surface area (Å²) >= 11 is 0. The number of nitrogens with zero attached hydrogens (tertiary/aromatic N) is 1. The van der Waals surface area contributed by atoms with Gasteiger partial charge in [-0.3, -0.25) is 0 Å². The molecule has 0 aliphatic rings. The Hall–Kier alpha value is -2.07. The van der Waals surface area contributed by atoms with Crippen molar-refractivity contribution >= 4 is 5.69 Å². The molecule has 0 atom stereocenters. The minimum atomic E-state index is -1.12. The first-order chi connectivity index (χ1) is 6.16. The Bertz CT molecular complexity index is 435. The smallest absolute Gasteiger partial charge is 0.176 e. The molecule has 0 amide bonds. The molecule has 0 bridgehead atoms. The Kier molecular flexibility index (Phi) is 2.47. The second-order valence-corrected chi connectivity index (χ2v) is 2.19. The maximum absolute atomic E-state index is 12.9. The maximum atomic E-state index is 12.9. The van der Waals surface area contributed by atoms with Crippen molar-refractivity contribution in [3.05, 3.63) is 29.3 Å². The zero-order chi connectivity index (χ0) is 9.84. The van der Waals surface area contributed by atoms with Crippen LogP contribution in [0.2, 0.25) is 0 Å². The first-order valence-electron chi connectivity index (χ1n) is 3.30. The molecule has 13 heavy (non-hydrogen) atoms. The van der Waals surface area contributed by atoms with E-state index in [2.05, 4.69) is 5.92 Å². The van der Waals surface area contributed by atoms with Crippen LogP contribution in [-0.4, -0.2) is 0 Å². The van der Waals surface area contributed by atoms with Crippen molar-refractivity contribution < 1.29 is 8.78 Å². The number of anilines is 1. The zero-order valence-corrected chi connectivity index (χ0v) is 6.44. The van der Waals surface area contributed by atoms with Gasteiger partial charge in [-0.25, -0.2) is 8.78 Å². The quantitative estimate of drug-likeness (QED) is 0.482. The molecule has 1 aromatic rings. The molecule has 4 heteroatoms. The molecule has 0 spiro atoms. The van der Waals surface area contributed by atoms with Gasteiger partial charge in [-0.15, -0.1) is 0 Å². The molecule has 0 radical (unpaired) electrons. The van der Waals surface area contributed by atoms with Gasteiger partial charge < -0.3 is 5.73 Å². The molecule has 1 rings (SSSR count). The number of halogens is 2. The van der Waals surface area contributed by atoms with E-state index in [1.165, 1.54) is 12.1 Å². The van der Waals surface area contributed by atoms with Crippen LogP contribution in [0.1, 0.15) is 5.56 Å². The van der Waals surface area contributed by atoms with Crippen molar-refractivity contribution in [3.8, 4) is 17.9 Å². The first-order valence-corrected chi connectivity index (χ1v) is 3.30. The van der Waals surface area contributed by atoms with Crippen LogP contribution in [0.5, 0.6) is 0 Å². The number of nitrogen functional groups attached to an aromatic ring is 1.